The number of carbonyl (C=O) groups is 1. The summed E-state index contributed by atoms with van der Waals surface area (Å²) in [6.45, 7) is 2.38. The topological polar surface area (TPSA) is 81.1 Å². The monoisotopic (exact) mass is 257 g/mol. The molecular weight excluding hydrogens is 246 g/mol. The lowest BCUT2D eigenvalue weighted by molar-refractivity contribution is 0.0697. The fourth-order valence-corrected chi connectivity index (χ4v) is 2.06. The second-order valence-corrected chi connectivity index (χ2v) is 4.24. The zero-order valence-electron chi connectivity index (χ0n) is 10.2. The summed E-state index contributed by atoms with van der Waals surface area (Å²) in [5, 5.41) is 12.9. The number of imidazole rings is 1. The highest BCUT2D eigenvalue weighted by atomic mass is 16.5. The molecule has 0 aliphatic heterocycles. The lowest BCUT2D eigenvalue weighted by atomic mass is 10.2. The highest BCUT2D eigenvalue weighted by Gasteiger charge is 2.12. The number of benzene rings is 1. The minimum atomic E-state index is -0.950. The number of nitrogens with zero attached hydrogens (tertiary/aromatic N) is 3. The minimum absolute atomic E-state index is 0.244. The molecule has 0 unspecified atom stereocenters. The van der Waals surface area contributed by atoms with Crippen LogP contribution in [0, 0.1) is 6.92 Å². The molecule has 0 saturated heterocycles. The molecule has 6 nitrogen and oxygen atoms in total. The predicted molar refractivity (Wildman–Crippen MR) is 67.0 cm³/mol. The quantitative estimate of drug-likeness (QED) is 0.776. The molecule has 19 heavy (non-hydrogen) atoms. The summed E-state index contributed by atoms with van der Waals surface area (Å²) in [5.41, 5.74) is 2.56. The Balaban J connectivity index is 2.14. The van der Waals surface area contributed by atoms with Gasteiger partial charge in [0, 0.05) is 6.07 Å². The average Bonchev–Trinajstić information content (AvgIpc) is 2.98. The maximum atomic E-state index is 11.0. The molecule has 0 bridgehead atoms. The van der Waals surface area contributed by atoms with Crippen LogP contribution in [0.1, 0.15) is 21.9 Å². The first-order valence-corrected chi connectivity index (χ1v) is 5.74. The van der Waals surface area contributed by atoms with Crippen LogP contribution in [0.15, 0.2) is 35.1 Å². The summed E-state index contributed by atoms with van der Waals surface area (Å²) >= 11 is 0. The predicted octanol–water partition coefficient (Wildman–Crippen LogP) is 2.08. The smallest absolute Gasteiger partial charge is 0.335 e. The van der Waals surface area contributed by atoms with E-state index in [0.717, 1.165) is 22.6 Å². The summed E-state index contributed by atoms with van der Waals surface area (Å²) in [5.74, 6) is -0.144. The van der Waals surface area contributed by atoms with Gasteiger partial charge in [-0.2, -0.15) is 0 Å². The molecule has 1 N–H and O–H groups in total. The van der Waals surface area contributed by atoms with Crippen LogP contribution >= 0.6 is 0 Å². The van der Waals surface area contributed by atoms with Gasteiger partial charge in [-0.1, -0.05) is 5.16 Å². The Kier molecular flexibility index (Phi) is 2.56. The van der Waals surface area contributed by atoms with Crippen molar-refractivity contribution in [2.75, 3.05) is 0 Å². The molecule has 0 amide bonds. The number of fused-ring (bicyclic) bond motifs is 1. The molecule has 0 fully saturated rings. The molecule has 0 radical (unpaired) electrons. The standard InChI is InChI=1S/C13H11N3O3/c1-8-14-11-3-2-9(13(17)18)6-12(11)16(8)7-10-4-5-19-15-10/h2-6H,7H2,1H3,(H,17,18). The van der Waals surface area contributed by atoms with Crippen molar-refractivity contribution >= 4 is 17.0 Å². The third-order valence-electron chi connectivity index (χ3n) is 3.00. The van der Waals surface area contributed by atoms with Crippen LogP contribution in [-0.4, -0.2) is 25.8 Å². The van der Waals surface area contributed by atoms with Crippen molar-refractivity contribution in [1.29, 1.82) is 0 Å². The van der Waals surface area contributed by atoms with E-state index in [1.54, 1.807) is 24.3 Å². The summed E-state index contributed by atoms with van der Waals surface area (Å²) < 4.78 is 6.72. The van der Waals surface area contributed by atoms with E-state index < -0.39 is 5.97 Å². The summed E-state index contributed by atoms with van der Waals surface area (Å²) in [6, 6.07) is 6.66. The molecule has 96 valence electrons. The number of aromatic nitrogens is 3. The molecule has 6 heteroatoms. The van der Waals surface area contributed by atoms with Crippen molar-refractivity contribution in [2.45, 2.75) is 13.5 Å². The first-order chi connectivity index (χ1) is 9.15. The number of hydrogen-bond acceptors (Lipinski definition) is 4. The summed E-state index contributed by atoms with van der Waals surface area (Å²) in [4.78, 5) is 15.4. The first-order valence-electron chi connectivity index (χ1n) is 5.74. The maximum absolute atomic E-state index is 11.0. The highest BCUT2D eigenvalue weighted by Crippen LogP contribution is 2.19. The Hall–Kier alpha value is -2.63. The van der Waals surface area contributed by atoms with Crippen molar-refractivity contribution in [3.63, 3.8) is 0 Å². The lowest BCUT2D eigenvalue weighted by Gasteiger charge is -2.04. The van der Waals surface area contributed by atoms with Gasteiger partial charge in [-0.05, 0) is 25.1 Å². The van der Waals surface area contributed by atoms with Gasteiger partial charge in [0.05, 0.1) is 23.1 Å². The number of rotatable bonds is 3. The van der Waals surface area contributed by atoms with Crippen LogP contribution in [0.5, 0.6) is 0 Å². The van der Waals surface area contributed by atoms with Gasteiger partial charge in [0.1, 0.15) is 17.8 Å². The molecule has 2 heterocycles. The Morgan fingerprint density at radius 2 is 2.26 bits per heavy atom. The van der Waals surface area contributed by atoms with Crippen molar-refractivity contribution in [3.8, 4) is 0 Å². The highest BCUT2D eigenvalue weighted by molar-refractivity contribution is 5.92. The van der Waals surface area contributed by atoms with Gasteiger partial charge in [0.25, 0.3) is 0 Å². The van der Waals surface area contributed by atoms with Crippen LogP contribution in [0.2, 0.25) is 0 Å². The molecular formula is C13H11N3O3. The largest absolute Gasteiger partial charge is 0.478 e. The average molecular weight is 257 g/mol. The van der Waals surface area contributed by atoms with Gasteiger partial charge in [0.2, 0.25) is 0 Å². The third kappa shape index (κ3) is 1.97. The van der Waals surface area contributed by atoms with E-state index in [-0.39, 0.29) is 5.56 Å². The van der Waals surface area contributed by atoms with Crippen molar-refractivity contribution in [3.05, 3.63) is 47.6 Å². The Morgan fingerprint density at radius 1 is 1.42 bits per heavy atom. The Labute approximate surface area is 108 Å². The Bertz CT molecular complexity index is 744. The van der Waals surface area contributed by atoms with Gasteiger partial charge in [-0.25, -0.2) is 9.78 Å². The molecule has 0 saturated carbocycles. The fourth-order valence-electron chi connectivity index (χ4n) is 2.06. The van der Waals surface area contributed by atoms with Gasteiger partial charge < -0.3 is 14.2 Å². The lowest BCUT2D eigenvalue weighted by Crippen LogP contribution is -2.03. The maximum Gasteiger partial charge on any atom is 0.335 e. The molecule has 0 aliphatic rings. The van der Waals surface area contributed by atoms with E-state index in [2.05, 4.69) is 10.1 Å². The van der Waals surface area contributed by atoms with Crippen LogP contribution in [-0.2, 0) is 6.54 Å². The van der Waals surface area contributed by atoms with Crippen molar-refractivity contribution in [2.24, 2.45) is 0 Å². The van der Waals surface area contributed by atoms with Crippen molar-refractivity contribution in [1.82, 2.24) is 14.7 Å². The number of carboxylic acids is 1. The minimum Gasteiger partial charge on any atom is -0.478 e. The zero-order valence-corrected chi connectivity index (χ0v) is 10.2. The SMILES string of the molecule is Cc1nc2ccc(C(=O)O)cc2n1Cc1ccon1. The van der Waals surface area contributed by atoms with Gasteiger partial charge in [-0.15, -0.1) is 0 Å². The van der Waals surface area contributed by atoms with Crippen LogP contribution in [0.3, 0.4) is 0 Å². The number of carboxylic acid groups (broad SMARTS) is 1. The van der Waals surface area contributed by atoms with Gasteiger partial charge in [0.15, 0.2) is 0 Å². The fraction of sp³-hybridized carbons (Fsp3) is 0.154. The molecule has 1 aromatic carbocycles. The zero-order chi connectivity index (χ0) is 13.4. The van der Waals surface area contributed by atoms with Crippen molar-refractivity contribution < 1.29 is 14.4 Å². The number of aromatic carboxylic acids is 1. The summed E-state index contributed by atoms with van der Waals surface area (Å²) in [7, 11) is 0. The number of hydrogen-bond donors (Lipinski definition) is 1. The molecule has 3 aromatic rings. The van der Waals surface area contributed by atoms with E-state index in [9.17, 15) is 4.79 Å². The van der Waals surface area contributed by atoms with E-state index >= 15 is 0 Å². The second-order valence-electron chi connectivity index (χ2n) is 4.24. The van der Waals surface area contributed by atoms with E-state index in [1.165, 1.54) is 6.26 Å². The van der Waals surface area contributed by atoms with Gasteiger partial charge >= 0.3 is 5.97 Å². The van der Waals surface area contributed by atoms with E-state index in [0.29, 0.717) is 6.54 Å². The molecule has 3 rings (SSSR count). The van der Waals surface area contributed by atoms with Gasteiger partial charge in [-0.3, -0.25) is 0 Å². The molecule has 0 spiro atoms. The normalized spacial score (nSPS) is 11.0. The van der Waals surface area contributed by atoms with E-state index in [4.69, 9.17) is 9.63 Å². The third-order valence-corrected chi connectivity index (χ3v) is 3.00. The molecule has 2 aromatic heterocycles. The molecule has 0 atom stereocenters. The Morgan fingerprint density at radius 3 is 2.95 bits per heavy atom. The van der Waals surface area contributed by atoms with Crippen LogP contribution in [0.25, 0.3) is 11.0 Å². The second kappa shape index (κ2) is 4.24. The van der Waals surface area contributed by atoms with Crippen LogP contribution < -0.4 is 0 Å². The van der Waals surface area contributed by atoms with E-state index in [1.807, 2.05) is 11.5 Å². The number of aryl methyl sites for hydroxylation is 1. The summed E-state index contributed by atoms with van der Waals surface area (Å²) in [6.07, 6.45) is 1.51. The first kappa shape index (κ1) is 11.5. The molecule has 0 aliphatic carbocycles. The van der Waals surface area contributed by atoms with Crippen LogP contribution in [0.4, 0.5) is 0 Å².